The van der Waals surface area contributed by atoms with Crippen LogP contribution in [0.4, 0.5) is 5.69 Å². The maximum atomic E-state index is 11.9. The average Bonchev–Trinajstić information content (AvgIpc) is 2.87. The molecule has 2 N–H and O–H groups in total. The number of anilines is 1. The van der Waals surface area contributed by atoms with Crippen LogP contribution in [0.2, 0.25) is 0 Å². The molecular formula is C10H10N4O2S. The molecule has 0 aromatic heterocycles. The summed E-state index contributed by atoms with van der Waals surface area (Å²) in [6.45, 7) is 0.773. The van der Waals surface area contributed by atoms with Gasteiger partial charge in [-0.25, -0.2) is 9.35 Å². The molecule has 0 spiro atoms. The molecule has 1 atom stereocenters. The molecular weight excluding hydrogens is 240 g/mol. The van der Waals surface area contributed by atoms with Crippen molar-refractivity contribution < 1.29 is 9.00 Å². The fourth-order valence-corrected chi connectivity index (χ4v) is 3.10. The van der Waals surface area contributed by atoms with Crippen LogP contribution in [-0.4, -0.2) is 22.9 Å². The van der Waals surface area contributed by atoms with Crippen LogP contribution in [-0.2, 0) is 9.92 Å². The van der Waals surface area contributed by atoms with Crippen LogP contribution in [0.1, 0.15) is 16.8 Å². The van der Waals surface area contributed by atoms with Crippen LogP contribution in [0.5, 0.6) is 0 Å². The number of carbonyl (C=O) groups excluding carboxylic acids is 1. The number of hydrogen-bond donors (Lipinski definition) is 1. The van der Waals surface area contributed by atoms with Gasteiger partial charge in [0, 0.05) is 19.2 Å². The first-order valence-electron chi connectivity index (χ1n) is 5.11. The minimum Gasteiger partial charge on any atom is -0.266 e. The summed E-state index contributed by atoms with van der Waals surface area (Å²) in [4.78, 5) is 11.8. The smallest absolute Gasteiger partial charge is 0.266 e. The molecule has 2 aliphatic heterocycles. The standard InChI is InChI=1S/C10H10N4O2S/c11-17(16)9-6-7(14-5-1-4-12-14)2-3-8(9)10(15)13-17/h2-4,6H,1,5H2,(H2,11,13,15,16). The summed E-state index contributed by atoms with van der Waals surface area (Å²) >= 11 is 0. The van der Waals surface area contributed by atoms with Crippen molar-refractivity contribution in [2.75, 3.05) is 11.6 Å². The summed E-state index contributed by atoms with van der Waals surface area (Å²) in [6, 6.07) is 4.99. The first-order chi connectivity index (χ1) is 8.08. The first kappa shape index (κ1) is 10.4. The summed E-state index contributed by atoms with van der Waals surface area (Å²) in [5.41, 5.74) is 1.10. The Morgan fingerprint density at radius 3 is 2.94 bits per heavy atom. The monoisotopic (exact) mass is 250 g/mol. The highest BCUT2D eigenvalue weighted by Crippen LogP contribution is 2.29. The van der Waals surface area contributed by atoms with E-state index in [0.29, 0.717) is 10.5 Å². The SMILES string of the molecule is NS1(=O)=NC(=O)c2ccc(N3CCC=N3)cc21. The maximum absolute atomic E-state index is 11.9. The van der Waals surface area contributed by atoms with Crippen molar-refractivity contribution in [3.8, 4) is 0 Å². The number of fused-ring (bicyclic) bond motifs is 1. The highest BCUT2D eigenvalue weighted by atomic mass is 32.2. The minimum absolute atomic E-state index is 0.308. The quantitative estimate of drug-likeness (QED) is 0.797. The second kappa shape index (κ2) is 3.38. The second-order valence-corrected chi connectivity index (χ2v) is 5.62. The van der Waals surface area contributed by atoms with Crippen LogP contribution >= 0.6 is 0 Å². The predicted molar refractivity (Wildman–Crippen MR) is 64.3 cm³/mol. The number of nitrogens with zero attached hydrogens (tertiary/aromatic N) is 3. The molecule has 6 nitrogen and oxygen atoms in total. The van der Waals surface area contributed by atoms with Crippen molar-refractivity contribution in [2.24, 2.45) is 14.6 Å². The summed E-state index contributed by atoms with van der Waals surface area (Å²) in [7, 11) is -3.06. The molecule has 2 aliphatic rings. The van der Waals surface area contributed by atoms with Gasteiger partial charge in [-0.1, -0.05) is 0 Å². The molecule has 17 heavy (non-hydrogen) atoms. The number of rotatable bonds is 1. The van der Waals surface area contributed by atoms with E-state index in [-0.39, 0.29) is 0 Å². The van der Waals surface area contributed by atoms with Gasteiger partial charge in [0.15, 0.2) is 0 Å². The average molecular weight is 250 g/mol. The van der Waals surface area contributed by atoms with Gasteiger partial charge in [-0.15, -0.1) is 4.36 Å². The minimum atomic E-state index is -3.06. The second-order valence-electron chi connectivity index (χ2n) is 3.86. The number of hydrazone groups is 1. The van der Waals surface area contributed by atoms with E-state index in [0.717, 1.165) is 18.7 Å². The third kappa shape index (κ3) is 1.55. The Labute approximate surface area is 98.4 Å². The molecule has 0 saturated heterocycles. The Kier molecular flexibility index (Phi) is 2.07. The van der Waals surface area contributed by atoms with Gasteiger partial charge < -0.3 is 0 Å². The van der Waals surface area contributed by atoms with Gasteiger partial charge in [0.1, 0.15) is 9.92 Å². The number of benzene rings is 1. The zero-order chi connectivity index (χ0) is 12.0. The van der Waals surface area contributed by atoms with E-state index in [1.54, 1.807) is 23.2 Å². The van der Waals surface area contributed by atoms with E-state index in [2.05, 4.69) is 9.46 Å². The Bertz CT molecular complexity index is 658. The summed E-state index contributed by atoms with van der Waals surface area (Å²) in [5.74, 6) is -0.510. The first-order valence-corrected chi connectivity index (χ1v) is 6.69. The molecule has 1 unspecified atom stereocenters. The van der Waals surface area contributed by atoms with Crippen molar-refractivity contribution in [1.29, 1.82) is 0 Å². The molecule has 0 bridgehead atoms. The molecule has 1 aromatic carbocycles. The van der Waals surface area contributed by atoms with E-state index in [9.17, 15) is 9.00 Å². The van der Waals surface area contributed by atoms with Gasteiger partial charge in [-0.3, -0.25) is 9.80 Å². The lowest BCUT2D eigenvalue weighted by molar-refractivity contribution is 0.101. The van der Waals surface area contributed by atoms with Gasteiger partial charge in [0.05, 0.1) is 16.1 Å². The third-order valence-corrected chi connectivity index (χ3v) is 4.12. The third-order valence-electron chi connectivity index (χ3n) is 2.72. The van der Waals surface area contributed by atoms with Crippen molar-refractivity contribution in [1.82, 2.24) is 0 Å². The summed E-state index contributed by atoms with van der Waals surface area (Å²) < 4.78 is 15.4. The number of nitrogens with two attached hydrogens (primary N) is 1. The van der Waals surface area contributed by atoms with Crippen molar-refractivity contribution in [3.63, 3.8) is 0 Å². The lowest BCUT2D eigenvalue weighted by atomic mass is 10.2. The molecule has 0 fully saturated rings. The normalized spacial score (nSPS) is 26.2. The van der Waals surface area contributed by atoms with E-state index < -0.39 is 15.8 Å². The van der Waals surface area contributed by atoms with Crippen LogP contribution in [0.3, 0.4) is 0 Å². The van der Waals surface area contributed by atoms with Gasteiger partial charge in [-0.2, -0.15) is 5.10 Å². The number of hydrogen-bond acceptors (Lipinski definition) is 4. The molecule has 1 aromatic rings. The Morgan fingerprint density at radius 2 is 2.24 bits per heavy atom. The largest absolute Gasteiger partial charge is 0.287 e. The Balaban J connectivity index is 2.14. The molecule has 88 valence electrons. The summed E-state index contributed by atoms with van der Waals surface area (Å²) in [6.07, 6.45) is 2.68. The van der Waals surface area contributed by atoms with Gasteiger partial charge in [0.2, 0.25) is 0 Å². The Morgan fingerprint density at radius 1 is 1.41 bits per heavy atom. The van der Waals surface area contributed by atoms with Crippen molar-refractivity contribution in [2.45, 2.75) is 11.3 Å². The highest BCUT2D eigenvalue weighted by Gasteiger charge is 2.27. The molecule has 2 heterocycles. The fourth-order valence-electron chi connectivity index (χ4n) is 1.90. The predicted octanol–water partition coefficient (Wildman–Crippen LogP) is 0.737. The van der Waals surface area contributed by atoms with E-state index in [1.165, 1.54) is 0 Å². The zero-order valence-electron chi connectivity index (χ0n) is 8.87. The zero-order valence-corrected chi connectivity index (χ0v) is 9.68. The van der Waals surface area contributed by atoms with Crippen molar-refractivity contribution >= 4 is 27.7 Å². The summed E-state index contributed by atoms with van der Waals surface area (Å²) in [5, 5.41) is 11.5. The van der Waals surface area contributed by atoms with Crippen LogP contribution in [0.15, 0.2) is 32.6 Å². The maximum Gasteiger partial charge on any atom is 0.287 e. The van der Waals surface area contributed by atoms with Crippen LogP contribution in [0.25, 0.3) is 0 Å². The number of amides is 1. The van der Waals surface area contributed by atoms with E-state index in [1.807, 2.05) is 6.21 Å². The van der Waals surface area contributed by atoms with Crippen LogP contribution < -0.4 is 10.1 Å². The highest BCUT2D eigenvalue weighted by molar-refractivity contribution is 7.92. The molecule has 1 amide bonds. The fraction of sp³-hybridized carbons (Fsp3) is 0.200. The van der Waals surface area contributed by atoms with E-state index >= 15 is 0 Å². The van der Waals surface area contributed by atoms with E-state index in [4.69, 9.17) is 5.14 Å². The molecule has 0 saturated carbocycles. The van der Waals surface area contributed by atoms with Gasteiger partial charge in [0.25, 0.3) is 5.91 Å². The van der Waals surface area contributed by atoms with Gasteiger partial charge in [-0.05, 0) is 18.2 Å². The molecule has 0 radical (unpaired) electrons. The van der Waals surface area contributed by atoms with Crippen LogP contribution in [0, 0.1) is 0 Å². The molecule has 0 aliphatic carbocycles. The Hall–Kier alpha value is -1.73. The topological polar surface area (TPSA) is 88.1 Å². The lowest BCUT2D eigenvalue weighted by Crippen LogP contribution is -2.14. The van der Waals surface area contributed by atoms with Gasteiger partial charge >= 0.3 is 0 Å². The number of carbonyl (C=O) groups is 1. The van der Waals surface area contributed by atoms with Crippen molar-refractivity contribution in [3.05, 3.63) is 23.8 Å². The lowest BCUT2D eigenvalue weighted by Gasteiger charge is -2.14. The molecule has 3 rings (SSSR count). The molecule has 7 heteroatoms.